The number of aryl methyl sites for hydroxylation is 1. The van der Waals surface area contributed by atoms with Crippen molar-refractivity contribution in [2.45, 2.75) is 115 Å². The molecule has 3 aliphatic heterocycles. The first-order valence-corrected chi connectivity index (χ1v) is 18.9. The van der Waals surface area contributed by atoms with Crippen LogP contribution in [0.3, 0.4) is 0 Å². The van der Waals surface area contributed by atoms with E-state index in [2.05, 4.69) is 28.0 Å². The normalized spacial score (nSPS) is 25.3. The third-order valence-electron chi connectivity index (χ3n) is 9.88. The Kier molecular flexibility index (Phi) is 11.4. The summed E-state index contributed by atoms with van der Waals surface area (Å²) in [5, 5.41) is 5.29. The number of nitrogens with zero attached hydrogens (tertiary/aromatic N) is 2. The van der Waals surface area contributed by atoms with E-state index in [0.29, 0.717) is 32.5 Å². The van der Waals surface area contributed by atoms with E-state index in [4.69, 9.17) is 9.47 Å². The van der Waals surface area contributed by atoms with E-state index in [0.717, 1.165) is 36.8 Å². The predicted octanol–water partition coefficient (Wildman–Crippen LogP) is 2.73. The molecule has 3 N–H and O–H groups in total. The smallest absolute Gasteiger partial charge is 0.410 e. The van der Waals surface area contributed by atoms with Gasteiger partial charge in [-0.25, -0.2) is 13.2 Å². The zero-order valence-electron chi connectivity index (χ0n) is 29.0. The van der Waals surface area contributed by atoms with Crippen LogP contribution >= 0.6 is 0 Å². The van der Waals surface area contributed by atoms with E-state index < -0.39 is 68.7 Å². The summed E-state index contributed by atoms with van der Waals surface area (Å²) in [6.07, 6.45) is 4.78. The maximum atomic E-state index is 14.3. The number of carbonyl (C=O) groups excluding carboxylic acids is 4. The Morgan fingerprint density at radius 1 is 1.10 bits per heavy atom. The monoisotopic (exact) mass is 701 g/mol. The molecule has 2 fully saturated rings. The van der Waals surface area contributed by atoms with Crippen LogP contribution in [0, 0.1) is 11.3 Å². The number of sulfonamides is 1. The second-order valence-corrected chi connectivity index (χ2v) is 16.8. The average molecular weight is 702 g/mol. The van der Waals surface area contributed by atoms with Gasteiger partial charge in [-0.15, -0.1) is 6.58 Å². The van der Waals surface area contributed by atoms with Crippen LogP contribution in [0.15, 0.2) is 30.9 Å². The lowest BCUT2D eigenvalue weighted by atomic mass is 9.85. The number of rotatable bonds is 7. The number of carbonyl (C=O) groups is 4. The second kappa shape index (κ2) is 15.2. The molecule has 0 aromatic heterocycles. The van der Waals surface area contributed by atoms with Gasteiger partial charge in [0.05, 0.1) is 24.6 Å². The third kappa shape index (κ3) is 8.82. The van der Waals surface area contributed by atoms with E-state index in [1.807, 2.05) is 32.9 Å². The molecule has 3 heterocycles. The lowest BCUT2D eigenvalue weighted by Gasteiger charge is -2.35. The summed E-state index contributed by atoms with van der Waals surface area (Å²) < 4.78 is 39.1. The highest BCUT2D eigenvalue weighted by Crippen LogP contribution is 2.31. The minimum absolute atomic E-state index is 0.000103. The lowest BCUT2D eigenvalue weighted by molar-refractivity contribution is -0.143. The SMILES string of the molecule is C=C[C@H](C)[C@@H](NC(=O)[C@@H]1C[C@@H]2CN1C(=O)[C@H](C(C)(C)C)NCOCCCCCc1cccc3c1CN(C3)C(=O)O2)C(=O)NS(=O)(=O)C1CC1. The molecule has 4 amide bonds. The molecule has 5 atom stereocenters. The first-order chi connectivity index (χ1) is 23.2. The zero-order valence-corrected chi connectivity index (χ0v) is 29.9. The number of fused-ring (bicyclic) bond motifs is 3. The standard InChI is InChI=1S/C35H51N5O8S/c1-6-22(2)29(32(42)38-49(45,46)26-14-15-26)37-31(41)28-17-25-19-40(28)33(43)30(35(3,4)5)36-21-47-16-9-7-8-11-23-12-10-13-24-18-39(20-27(23)24)34(44)48-25/h6,10,12-13,22,25-26,28-30,36H,1,7-9,11,14-21H2,2-5H3,(H,37,41)(H,38,42)/t22-,25+,28-,29+,30+/m0/s1. The zero-order chi connectivity index (χ0) is 35.5. The molecule has 1 saturated heterocycles. The van der Waals surface area contributed by atoms with Crippen LogP contribution in [0.1, 0.15) is 82.9 Å². The van der Waals surface area contributed by atoms with Crippen molar-refractivity contribution in [3.05, 3.63) is 47.5 Å². The molecule has 1 aromatic carbocycles. The highest BCUT2D eigenvalue weighted by molar-refractivity contribution is 7.90. The fourth-order valence-corrected chi connectivity index (χ4v) is 8.10. The average Bonchev–Trinajstić information content (AvgIpc) is 3.69. The number of amides is 4. The van der Waals surface area contributed by atoms with Gasteiger partial charge < -0.3 is 19.7 Å². The summed E-state index contributed by atoms with van der Waals surface area (Å²) in [5.74, 6) is -2.54. The van der Waals surface area contributed by atoms with Gasteiger partial charge in [-0.2, -0.15) is 0 Å². The van der Waals surface area contributed by atoms with Crippen molar-refractivity contribution in [2.24, 2.45) is 11.3 Å². The van der Waals surface area contributed by atoms with Crippen molar-refractivity contribution >= 4 is 33.8 Å². The van der Waals surface area contributed by atoms with E-state index in [9.17, 15) is 27.6 Å². The molecule has 0 radical (unpaired) electrons. The van der Waals surface area contributed by atoms with Crippen LogP contribution < -0.4 is 15.4 Å². The first-order valence-electron chi connectivity index (χ1n) is 17.3. The van der Waals surface area contributed by atoms with Crippen LogP contribution in [0.4, 0.5) is 4.79 Å². The largest absolute Gasteiger partial charge is 0.444 e. The molecular weight excluding hydrogens is 650 g/mol. The van der Waals surface area contributed by atoms with Gasteiger partial charge in [-0.3, -0.25) is 29.3 Å². The molecule has 0 spiro atoms. The fraction of sp³-hybridized carbons (Fsp3) is 0.657. The number of hydrogen-bond donors (Lipinski definition) is 3. The number of benzene rings is 1. The van der Waals surface area contributed by atoms with Gasteiger partial charge in [0.15, 0.2) is 0 Å². The Bertz CT molecular complexity index is 1540. The van der Waals surface area contributed by atoms with Gasteiger partial charge in [0, 0.05) is 32.0 Å². The second-order valence-electron chi connectivity index (χ2n) is 14.8. The molecular formula is C35H51N5O8S. The van der Waals surface area contributed by atoms with Crippen molar-refractivity contribution in [1.82, 2.24) is 25.2 Å². The molecule has 4 aliphatic rings. The Labute approximate surface area is 289 Å². The molecule has 13 nitrogen and oxygen atoms in total. The minimum Gasteiger partial charge on any atom is -0.444 e. The summed E-state index contributed by atoms with van der Waals surface area (Å²) in [4.78, 5) is 58.1. The van der Waals surface area contributed by atoms with Crippen molar-refractivity contribution in [3.63, 3.8) is 0 Å². The van der Waals surface area contributed by atoms with Crippen molar-refractivity contribution in [2.75, 3.05) is 19.9 Å². The van der Waals surface area contributed by atoms with E-state index >= 15 is 0 Å². The summed E-state index contributed by atoms with van der Waals surface area (Å²) in [6.45, 7) is 12.6. The summed E-state index contributed by atoms with van der Waals surface area (Å²) in [6, 6.07) is 3.03. The van der Waals surface area contributed by atoms with Gasteiger partial charge in [-0.05, 0) is 54.2 Å². The molecule has 270 valence electrons. The van der Waals surface area contributed by atoms with Crippen LogP contribution in [-0.4, -0.2) is 91.4 Å². The maximum Gasteiger partial charge on any atom is 0.410 e. The maximum absolute atomic E-state index is 14.3. The predicted molar refractivity (Wildman–Crippen MR) is 182 cm³/mol. The van der Waals surface area contributed by atoms with E-state index in [-0.39, 0.29) is 25.6 Å². The minimum atomic E-state index is -3.88. The van der Waals surface area contributed by atoms with E-state index in [1.165, 1.54) is 16.5 Å². The highest BCUT2D eigenvalue weighted by Gasteiger charge is 2.47. The topological polar surface area (TPSA) is 163 Å². The Hall–Kier alpha value is -3.49. The molecule has 1 aromatic rings. The van der Waals surface area contributed by atoms with Crippen LogP contribution in [0.2, 0.25) is 0 Å². The van der Waals surface area contributed by atoms with Gasteiger partial charge in [0.1, 0.15) is 18.2 Å². The summed E-state index contributed by atoms with van der Waals surface area (Å²) in [7, 11) is -3.88. The van der Waals surface area contributed by atoms with Gasteiger partial charge in [0.2, 0.25) is 21.8 Å². The summed E-state index contributed by atoms with van der Waals surface area (Å²) in [5.41, 5.74) is 2.85. The number of ether oxygens (including phenoxy) is 2. The number of nitrogens with one attached hydrogen (secondary N) is 3. The van der Waals surface area contributed by atoms with Gasteiger partial charge in [0.25, 0.3) is 5.91 Å². The molecule has 1 aliphatic carbocycles. The Balaban J connectivity index is 1.39. The van der Waals surface area contributed by atoms with Crippen LogP contribution in [0.5, 0.6) is 0 Å². The molecule has 14 heteroatoms. The first kappa shape index (κ1) is 36.8. The highest BCUT2D eigenvalue weighted by atomic mass is 32.2. The molecule has 5 rings (SSSR count). The lowest BCUT2D eigenvalue weighted by Crippen LogP contribution is -2.59. The van der Waals surface area contributed by atoms with Crippen LogP contribution in [0.25, 0.3) is 0 Å². The van der Waals surface area contributed by atoms with Crippen molar-refractivity contribution < 1.29 is 37.1 Å². The summed E-state index contributed by atoms with van der Waals surface area (Å²) >= 11 is 0. The Morgan fingerprint density at radius 3 is 2.53 bits per heavy atom. The van der Waals surface area contributed by atoms with Gasteiger partial charge in [-0.1, -0.05) is 58.4 Å². The third-order valence-corrected chi connectivity index (χ3v) is 11.7. The van der Waals surface area contributed by atoms with Gasteiger partial charge >= 0.3 is 6.09 Å². The van der Waals surface area contributed by atoms with Crippen molar-refractivity contribution in [3.8, 4) is 0 Å². The molecule has 49 heavy (non-hydrogen) atoms. The Morgan fingerprint density at radius 2 is 1.84 bits per heavy atom. The molecule has 1 saturated carbocycles. The van der Waals surface area contributed by atoms with Crippen LogP contribution in [-0.2, 0) is 53.4 Å². The fourth-order valence-electron chi connectivity index (χ4n) is 6.77. The quantitative estimate of drug-likeness (QED) is 0.363. The molecule has 4 bridgehead atoms. The van der Waals surface area contributed by atoms with Crippen molar-refractivity contribution in [1.29, 1.82) is 0 Å². The van der Waals surface area contributed by atoms with E-state index in [1.54, 1.807) is 11.8 Å². The molecule has 0 unspecified atom stereocenters. The number of hydrogen-bond acceptors (Lipinski definition) is 9.